The Kier molecular flexibility index (Phi) is 7.23. The molecule has 0 unspecified atom stereocenters. The van der Waals surface area contributed by atoms with Gasteiger partial charge < -0.3 is 10.6 Å². The summed E-state index contributed by atoms with van der Waals surface area (Å²) in [7, 11) is 0. The molecule has 1 aromatic heterocycles. The Morgan fingerprint density at radius 1 is 0.914 bits per heavy atom. The average molecular weight is 554 g/mol. The van der Waals surface area contributed by atoms with E-state index < -0.39 is 17.7 Å². The van der Waals surface area contributed by atoms with Crippen molar-refractivity contribution >= 4 is 67.5 Å². The van der Waals surface area contributed by atoms with Crippen LogP contribution in [0.25, 0.3) is 10.9 Å². The van der Waals surface area contributed by atoms with Crippen molar-refractivity contribution in [2.45, 2.75) is 20.3 Å². The number of aryl methyl sites for hydroxylation is 2. The highest BCUT2D eigenvalue weighted by Gasteiger charge is 2.21. The highest BCUT2D eigenvalue weighted by molar-refractivity contribution is 9.10. The van der Waals surface area contributed by atoms with Crippen LogP contribution >= 0.6 is 27.5 Å². The summed E-state index contributed by atoms with van der Waals surface area (Å²) in [6.07, 6.45) is 0.865. The minimum absolute atomic E-state index is 0.128. The standard InChI is InChI=1S/C26H22BrClN4O3/c1-3-16-5-8-19(9-6-16)29-25(34)26(35)31-32-22-11-7-18(28)13-17(22)14-23(32)24(33)30-21-10-4-15(2)12-20(21)27/h4-14H,3H2,1-2H3,(H,29,34)(H,30,33)(H,31,35). The second kappa shape index (κ2) is 10.3. The minimum atomic E-state index is -0.928. The van der Waals surface area contributed by atoms with E-state index in [0.29, 0.717) is 31.8 Å². The molecule has 3 amide bonds. The SMILES string of the molecule is CCc1ccc(NC(=O)C(=O)Nn2c(C(=O)Nc3ccc(C)cc3Br)cc3cc(Cl)ccc32)cc1. The summed E-state index contributed by atoms with van der Waals surface area (Å²) in [4.78, 5) is 38.5. The number of anilines is 2. The van der Waals surface area contributed by atoms with E-state index in [1.165, 1.54) is 4.68 Å². The zero-order chi connectivity index (χ0) is 25.1. The van der Waals surface area contributed by atoms with E-state index in [1.54, 1.807) is 42.5 Å². The van der Waals surface area contributed by atoms with Crippen LogP contribution in [-0.4, -0.2) is 22.4 Å². The normalized spacial score (nSPS) is 10.7. The number of aromatic nitrogens is 1. The Morgan fingerprint density at radius 3 is 2.34 bits per heavy atom. The van der Waals surface area contributed by atoms with Gasteiger partial charge in [-0.1, -0.05) is 36.7 Å². The van der Waals surface area contributed by atoms with Gasteiger partial charge in [0.05, 0.1) is 11.2 Å². The molecule has 0 spiro atoms. The number of benzene rings is 3. The molecule has 0 bridgehead atoms. The third kappa shape index (κ3) is 5.55. The Hall–Kier alpha value is -3.62. The van der Waals surface area contributed by atoms with Gasteiger partial charge in [0.1, 0.15) is 5.69 Å². The molecular formula is C26H22BrClN4O3. The van der Waals surface area contributed by atoms with Crippen molar-refractivity contribution in [3.05, 3.63) is 93.0 Å². The topological polar surface area (TPSA) is 92.2 Å². The van der Waals surface area contributed by atoms with Gasteiger partial charge in [-0.2, -0.15) is 0 Å². The number of amides is 3. The molecule has 0 aliphatic heterocycles. The first-order chi connectivity index (χ1) is 16.7. The maximum atomic E-state index is 13.2. The van der Waals surface area contributed by atoms with E-state index in [1.807, 2.05) is 38.1 Å². The van der Waals surface area contributed by atoms with Crippen LogP contribution in [-0.2, 0) is 16.0 Å². The van der Waals surface area contributed by atoms with Crippen molar-refractivity contribution in [1.82, 2.24) is 4.68 Å². The first kappa shape index (κ1) is 24.5. The monoisotopic (exact) mass is 552 g/mol. The number of carbonyl (C=O) groups is 3. The van der Waals surface area contributed by atoms with Gasteiger partial charge in [-0.3, -0.25) is 19.8 Å². The first-order valence-electron chi connectivity index (χ1n) is 10.8. The molecule has 0 fully saturated rings. The highest BCUT2D eigenvalue weighted by Crippen LogP contribution is 2.26. The van der Waals surface area contributed by atoms with Crippen LogP contribution in [0.5, 0.6) is 0 Å². The molecule has 0 saturated heterocycles. The van der Waals surface area contributed by atoms with E-state index in [-0.39, 0.29) is 5.69 Å². The summed E-state index contributed by atoms with van der Waals surface area (Å²) in [5, 5.41) is 6.50. The Bertz CT molecular complexity index is 1450. The fraction of sp³-hybridized carbons (Fsp3) is 0.115. The molecule has 0 aliphatic carbocycles. The number of fused-ring (bicyclic) bond motifs is 1. The number of halogens is 2. The number of hydrogen-bond acceptors (Lipinski definition) is 3. The number of nitrogens with zero attached hydrogens (tertiary/aromatic N) is 1. The molecule has 7 nitrogen and oxygen atoms in total. The third-order valence-electron chi connectivity index (χ3n) is 5.41. The van der Waals surface area contributed by atoms with Gasteiger partial charge >= 0.3 is 11.8 Å². The number of hydrogen-bond donors (Lipinski definition) is 3. The summed E-state index contributed by atoms with van der Waals surface area (Å²) in [6, 6.07) is 19.3. The van der Waals surface area contributed by atoms with Gasteiger partial charge in [-0.25, -0.2) is 4.68 Å². The number of rotatable bonds is 5. The second-order valence-corrected chi connectivity index (χ2v) is 9.24. The second-order valence-electron chi connectivity index (χ2n) is 7.95. The van der Waals surface area contributed by atoms with Crippen LogP contribution in [0, 0.1) is 6.92 Å². The van der Waals surface area contributed by atoms with Crippen molar-refractivity contribution < 1.29 is 14.4 Å². The lowest BCUT2D eigenvalue weighted by atomic mass is 10.1. The molecule has 4 rings (SSSR count). The van der Waals surface area contributed by atoms with E-state index in [9.17, 15) is 14.4 Å². The van der Waals surface area contributed by atoms with Crippen LogP contribution in [0.4, 0.5) is 11.4 Å². The van der Waals surface area contributed by atoms with Gasteiger partial charge in [-0.05, 0) is 88.9 Å². The Labute approximate surface area is 215 Å². The molecule has 3 N–H and O–H groups in total. The number of nitrogens with one attached hydrogen (secondary N) is 3. The van der Waals surface area contributed by atoms with Crippen LogP contribution in [0.15, 0.2) is 71.2 Å². The van der Waals surface area contributed by atoms with E-state index in [0.717, 1.165) is 17.5 Å². The fourth-order valence-corrected chi connectivity index (χ4v) is 4.32. The van der Waals surface area contributed by atoms with Crippen LogP contribution in [0.2, 0.25) is 5.02 Å². The summed E-state index contributed by atoms with van der Waals surface area (Å²) < 4.78 is 2.00. The molecule has 35 heavy (non-hydrogen) atoms. The van der Waals surface area contributed by atoms with Gasteiger partial charge in [0, 0.05) is 20.6 Å². The lowest BCUT2D eigenvalue weighted by Gasteiger charge is -2.13. The summed E-state index contributed by atoms with van der Waals surface area (Å²) in [5.41, 5.74) is 6.37. The van der Waals surface area contributed by atoms with E-state index >= 15 is 0 Å². The predicted octanol–water partition coefficient (Wildman–Crippen LogP) is 5.89. The lowest BCUT2D eigenvalue weighted by Crippen LogP contribution is -2.36. The van der Waals surface area contributed by atoms with Gasteiger partial charge in [0.15, 0.2) is 0 Å². The van der Waals surface area contributed by atoms with E-state index in [2.05, 4.69) is 32.0 Å². The van der Waals surface area contributed by atoms with Gasteiger partial charge in [0.2, 0.25) is 0 Å². The minimum Gasteiger partial charge on any atom is -0.320 e. The maximum absolute atomic E-state index is 13.2. The van der Waals surface area contributed by atoms with Gasteiger partial charge in [-0.15, -0.1) is 0 Å². The molecule has 0 saturated carbocycles. The molecule has 3 aromatic carbocycles. The van der Waals surface area contributed by atoms with Crippen molar-refractivity contribution in [1.29, 1.82) is 0 Å². The molecule has 1 heterocycles. The van der Waals surface area contributed by atoms with Crippen LogP contribution in [0.3, 0.4) is 0 Å². The van der Waals surface area contributed by atoms with Crippen LogP contribution in [0.1, 0.15) is 28.5 Å². The average Bonchev–Trinajstić information content (AvgIpc) is 3.18. The summed E-state index contributed by atoms with van der Waals surface area (Å²) >= 11 is 9.57. The molecule has 0 atom stereocenters. The smallest absolute Gasteiger partial charge is 0.320 e. The zero-order valence-electron chi connectivity index (χ0n) is 19.0. The molecule has 178 valence electrons. The molecule has 0 radical (unpaired) electrons. The Morgan fingerprint density at radius 2 is 1.66 bits per heavy atom. The predicted molar refractivity (Wildman–Crippen MR) is 143 cm³/mol. The molecular weight excluding hydrogens is 532 g/mol. The largest absolute Gasteiger partial charge is 0.328 e. The van der Waals surface area contributed by atoms with Crippen molar-refractivity contribution in [3.63, 3.8) is 0 Å². The summed E-state index contributed by atoms with van der Waals surface area (Å²) in [6.45, 7) is 3.97. The van der Waals surface area contributed by atoms with Crippen molar-refractivity contribution in [3.8, 4) is 0 Å². The first-order valence-corrected chi connectivity index (χ1v) is 12.0. The molecule has 4 aromatic rings. The quantitative estimate of drug-likeness (QED) is 0.269. The number of carbonyl (C=O) groups excluding carboxylic acids is 3. The third-order valence-corrected chi connectivity index (χ3v) is 6.30. The van der Waals surface area contributed by atoms with Gasteiger partial charge in [0.25, 0.3) is 5.91 Å². The molecule has 9 heteroatoms. The Balaban J connectivity index is 1.61. The van der Waals surface area contributed by atoms with Crippen molar-refractivity contribution in [2.24, 2.45) is 0 Å². The van der Waals surface area contributed by atoms with E-state index in [4.69, 9.17) is 11.6 Å². The lowest BCUT2D eigenvalue weighted by molar-refractivity contribution is -0.133. The van der Waals surface area contributed by atoms with Crippen LogP contribution < -0.4 is 16.1 Å². The fourth-order valence-electron chi connectivity index (χ4n) is 3.55. The zero-order valence-corrected chi connectivity index (χ0v) is 21.3. The highest BCUT2D eigenvalue weighted by atomic mass is 79.9. The maximum Gasteiger partial charge on any atom is 0.328 e. The summed E-state index contributed by atoms with van der Waals surface area (Å²) in [5.74, 6) is -2.27. The molecule has 0 aliphatic rings. The van der Waals surface area contributed by atoms with Crippen molar-refractivity contribution in [2.75, 3.05) is 16.1 Å².